The Bertz CT molecular complexity index is 842. The molecule has 6 atom stereocenters. The van der Waals surface area contributed by atoms with Crippen LogP contribution in [0.25, 0.3) is 0 Å². The first-order valence-corrected chi connectivity index (χ1v) is 15.1. The van der Waals surface area contributed by atoms with Crippen molar-refractivity contribution in [3.05, 3.63) is 25.3 Å². The number of rotatable bonds is 15. The smallest absolute Gasteiger partial charge is 0.247 e. The van der Waals surface area contributed by atoms with E-state index in [4.69, 9.17) is 0 Å². The minimum atomic E-state index is -0.622. The highest BCUT2D eigenvalue weighted by atomic mass is 79.9. The molecule has 3 aliphatic rings. The second-order valence-electron chi connectivity index (χ2n) is 10.3. The number of fused-ring (bicyclic) bond motifs is 1. The Hall–Kier alpha value is -1.32. The molecule has 36 heavy (non-hydrogen) atoms. The van der Waals surface area contributed by atoms with Crippen LogP contribution in [0.15, 0.2) is 25.3 Å². The van der Waals surface area contributed by atoms with Gasteiger partial charge in [-0.1, -0.05) is 47.8 Å². The van der Waals surface area contributed by atoms with E-state index < -0.39 is 22.6 Å². The van der Waals surface area contributed by atoms with E-state index in [-0.39, 0.29) is 34.4 Å². The fourth-order valence-electron chi connectivity index (χ4n) is 6.21. The zero-order valence-electron chi connectivity index (χ0n) is 21.7. The third-order valence-corrected chi connectivity index (χ3v) is 11.1. The molecule has 7 nitrogen and oxygen atoms in total. The minimum Gasteiger partial charge on any atom is -0.396 e. The highest BCUT2D eigenvalue weighted by Gasteiger charge is 2.75. The predicted octanol–water partition coefficient (Wildman–Crippen LogP) is 3.46. The number of amides is 3. The van der Waals surface area contributed by atoms with Gasteiger partial charge in [0.15, 0.2) is 0 Å². The average Bonchev–Trinajstić information content (AvgIpc) is 3.44. The quantitative estimate of drug-likeness (QED) is 0.181. The molecule has 1 N–H and O–H groups in total. The highest BCUT2D eigenvalue weighted by Crippen LogP contribution is 2.68. The Kier molecular flexibility index (Phi) is 10.5. The van der Waals surface area contributed by atoms with Crippen LogP contribution in [0, 0.1) is 11.8 Å². The van der Waals surface area contributed by atoms with Crippen LogP contribution >= 0.6 is 27.7 Å². The standard InChI is InChI=1S/C27H42BrN3O4S/c1-5-8-10-15-30(14-7-3)26(35)23-27-18-19(28)22(36-27)20(24(33)29(4)13-6-2)21(27)25(34)31(23)16-11-9-12-17-32/h6-7,19-23,32H,2-3,5,8-18H2,1,4H3/t19?,20-,21+,22-,23?,27?/m1/s1. The first-order chi connectivity index (χ1) is 17.3. The lowest BCUT2D eigenvalue weighted by Crippen LogP contribution is -2.56. The minimum absolute atomic E-state index is 0.0237. The summed E-state index contributed by atoms with van der Waals surface area (Å²) in [6, 6.07) is -0.594. The van der Waals surface area contributed by atoms with E-state index in [2.05, 4.69) is 36.0 Å². The zero-order valence-corrected chi connectivity index (χ0v) is 24.1. The topological polar surface area (TPSA) is 81.2 Å². The van der Waals surface area contributed by atoms with E-state index in [1.54, 1.807) is 40.8 Å². The van der Waals surface area contributed by atoms with Crippen LogP contribution in [0.4, 0.5) is 0 Å². The molecule has 0 aromatic carbocycles. The maximum Gasteiger partial charge on any atom is 0.247 e. The van der Waals surface area contributed by atoms with Gasteiger partial charge in [-0.05, 0) is 32.1 Å². The van der Waals surface area contributed by atoms with Gasteiger partial charge in [-0.25, -0.2) is 0 Å². The third kappa shape index (κ3) is 5.44. The summed E-state index contributed by atoms with van der Waals surface area (Å²) in [5, 5.41) is 9.17. The normalized spacial score (nSPS) is 30.4. The van der Waals surface area contributed by atoms with Crippen molar-refractivity contribution in [3.8, 4) is 0 Å². The fourth-order valence-corrected chi connectivity index (χ4v) is 9.81. The molecule has 3 fully saturated rings. The molecule has 0 aliphatic carbocycles. The van der Waals surface area contributed by atoms with Gasteiger partial charge in [0, 0.05) is 49.9 Å². The van der Waals surface area contributed by atoms with Gasteiger partial charge in [0.05, 0.1) is 16.6 Å². The summed E-state index contributed by atoms with van der Waals surface area (Å²) in [4.78, 5) is 47.2. The number of likely N-dealkylation sites (N-methyl/N-ethyl adjacent to an activating group) is 1. The van der Waals surface area contributed by atoms with Crippen LogP contribution in [0.1, 0.15) is 51.9 Å². The number of carbonyl (C=O) groups is 3. The largest absolute Gasteiger partial charge is 0.396 e. The molecule has 3 amide bonds. The SMILES string of the molecule is C=CCN(C)C(=O)[C@H]1[C@@H]2SC3(CC2Br)C(C(=O)N(CC=C)CCCCC)N(CCCCCO)C(=O)[C@H]13. The van der Waals surface area contributed by atoms with Crippen LogP contribution in [0.2, 0.25) is 0 Å². The van der Waals surface area contributed by atoms with Crippen LogP contribution in [0.3, 0.4) is 0 Å². The van der Waals surface area contributed by atoms with Crippen LogP contribution in [-0.2, 0) is 14.4 Å². The number of likely N-dealkylation sites (tertiary alicyclic amines) is 1. The molecule has 0 aromatic heterocycles. The van der Waals surface area contributed by atoms with Gasteiger partial charge >= 0.3 is 0 Å². The maximum absolute atomic E-state index is 14.2. The monoisotopic (exact) mass is 583 g/mol. The Morgan fingerprint density at radius 3 is 2.53 bits per heavy atom. The van der Waals surface area contributed by atoms with Crippen molar-refractivity contribution in [2.75, 3.05) is 39.8 Å². The van der Waals surface area contributed by atoms with Crippen molar-refractivity contribution in [1.82, 2.24) is 14.7 Å². The van der Waals surface area contributed by atoms with Crippen molar-refractivity contribution < 1.29 is 19.5 Å². The molecule has 202 valence electrons. The summed E-state index contributed by atoms with van der Waals surface area (Å²) in [5.41, 5.74) is 0. The number of halogens is 1. The van der Waals surface area contributed by atoms with Gasteiger partial charge in [0.25, 0.3) is 0 Å². The van der Waals surface area contributed by atoms with Gasteiger partial charge in [-0.15, -0.1) is 24.9 Å². The number of unbranched alkanes of at least 4 members (excludes halogenated alkanes) is 4. The van der Waals surface area contributed by atoms with E-state index >= 15 is 0 Å². The number of thioether (sulfide) groups is 1. The Morgan fingerprint density at radius 2 is 1.89 bits per heavy atom. The summed E-state index contributed by atoms with van der Waals surface area (Å²) in [7, 11) is 1.75. The number of carbonyl (C=O) groups excluding carboxylic acids is 3. The molecular weight excluding hydrogens is 542 g/mol. The first-order valence-electron chi connectivity index (χ1n) is 13.3. The van der Waals surface area contributed by atoms with E-state index in [1.165, 1.54) is 0 Å². The second-order valence-corrected chi connectivity index (χ2v) is 13.0. The van der Waals surface area contributed by atoms with Crippen LogP contribution < -0.4 is 0 Å². The molecule has 3 unspecified atom stereocenters. The molecule has 9 heteroatoms. The molecule has 0 radical (unpaired) electrons. The number of hydrogen-bond donors (Lipinski definition) is 1. The summed E-state index contributed by atoms with van der Waals surface area (Å²) in [6.07, 6.45) is 9.32. The molecule has 2 bridgehead atoms. The molecule has 1 spiro atoms. The van der Waals surface area contributed by atoms with E-state index in [9.17, 15) is 19.5 Å². The predicted molar refractivity (Wildman–Crippen MR) is 149 cm³/mol. The summed E-state index contributed by atoms with van der Waals surface area (Å²) < 4.78 is -0.622. The highest BCUT2D eigenvalue weighted by molar-refractivity contribution is 9.09. The number of aliphatic hydroxyl groups excluding tert-OH is 1. The summed E-state index contributed by atoms with van der Waals surface area (Å²) in [5.74, 6) is -1.10. The zero-order chi connectivity index (χ0) is 26.5. The number of nitrogens with zero attached hydrogens (tertiary/aromatic N) is 3. The second kappa shape index (κ2) is 13.0. The van der Waals surface area contributed by atoms with E-state index in [0.717, 1.165) is 32.1 Å². The summed E-state index contributed by atoms with van der Waals surface area (Å²) in [6.45, 7) is 11.8. The van der Waals surface area contributed by atoms with Crippen molar-refractivity contribution in [2.45, 2.75) is 72.7 Å². The van der Waals surface area contributed by atoms with Gasteiger partial charge < -0.3 is 19.8 Å². The number of aliphatic hydroxyl groups is 1. The van der Waals surface area contributed by atoms with E-state index in [1.807, 2.05) is 4.90 Å². The lowest BCUT2D eigenvalue weighted by Gasteiger charge is -2.38. The van der Waals surface area contributed by atoms with Gasteiger partial charge in [0.1, 0.15) is 6.04 Å². The number of hydrogen-bond acceptors (Lipinski definition) is 5. The van der Waals surface area contributed by atoms with Crippen molar-refractivity contribution in [2.24, 2.45) is 11.8 Å². The molecule has 0 aromatic rings. The van der Waals surface area contributed by atoms with Crippen molar-refractivity contribution in [1.29, 1.82) is 0 Å². The lowest BCUT2D eigenvalue weighted by atomic mass is 9.70. The molecule has 3 rings (SSSR count). The van der Waals surface area contributed by atoms with Gasteiger partial charge in [-0.3, -0.25) is 14.4 Å². The van der Waals surface area contributed by atoms with Gasteiger partial charge in [-0.2, -0.15) is 0 Å². The molecular formula is C27H42BrN3O4S. The Labute approximate surface area is 228 Å². The molecule has 3 aliphatic heterocycles. The van der Waals surface area contributed by atoms with Crippen molar-refractivity contribution in [3.63, 3.8) is 0 Å². The summed E-state index contributed by atoms with van der Waals surface area (Å²) >= 11 is 5.51. The number of alkyl halides is 1. The maximum atomic E-state index is 14.2. The molecule has 0 saturated carbocycles. The van der Waals surface area contributed by atoms with Crippen LogP contribution in [0.5, 0.6) is 0 Å². The van der Waals surface area contributed by atoms with Crippen molar-refractivity contribution >= 4 is 45.4 Å². The molecule has 3 heterocycles. The Balaban J connectivity index is 1.98. The average molecular weight is 585 g/mol. The Morgan fingerprint density at radius 1 is 1.17 bits per heavy atom. The third-order valence-electron chi connectivity index (χ3n) is 7.84. The molecule has 3 saturated heterocycles. The fraction of sp³-hybridized carbons (Fsp3) is 0.741. The lowest BCUT2D eigenvalue weighted by molar-refractivity contribution is -0.144. The van der Waals surface area contributed by atoms with E-state index in [0.29, 0.717) is 39.0 Å². The first kappa shape index (κ1) is 29.2. The van der Waals surface area contributed by atoms with Crippen LogP contribution in [-0.4, -0.2) is 98.2 Å². The van der Waals surface area contributed by atoms with Gasteiger partial charge in [0.2, 0.25) is 17.7 Å².